The van der Waals surface area contributed by atoms with Crippen molar-refractivity contribution >= 4 is 49.5 Å². The summed E-state index contributed by atoms with van der Waals surface area (Å²) in [5, 5.41) is 12.6. The number of hydrogen-bond acceptors (Lipinski definition) is 8. The molecule has 0 saturated carbocycles. The summed E-state index contributed by atoms with van der Waals surface area (Å²) in [6, 6.07) is 6.15. The fourth-order valence-electron chi connectivity index (χ4n) is 2.43. The first-order valence-corrected chi connectivity index (χ1v) is 11.4. The van der Waals surface area contributed by atoms with Gasteiger partial charge in [-0.05, 0) is 34.5 Å². The number of halogens is 1. The van der Waals surface area contributed by atoms with Crippen LogP contribution in [0, 0.1) is 0 Å². The lowest BCUT2D eigenvalue weighted by Crippen LogP contribution is -2.45. The Morgan fingerprint density at radius 3 is 2.78 bits per heavy atom. The number of sulfone groups is 1. The molecule has 1 aromatic carbocycles. The van der Waals surface area contributed by atoms with E-state index in [4.69, 9.17) is 4.42 Å². The third kappa shape index (κ3) is 5.53. The molecule has 12 heteroatoms. The van der Waals surface area contributed by atoms with Crippen LogP contribution in [0.2, 0.25) is 0 Å². The van der Waals surface area contributed by atoms with E-state index in [0.29, 0.717) is 12.3 Å². The summed E-state index contributed by atoms with van der Waals surface area (Å²) in [6.45, 7) is 0. The van der Waals surface area contributed by atoms with Crippen molar-refractivity contribution in [1.82, 2.24) is 20.8 Å². The first kappa shape index (κ1) is 19.8. The predicted octanol–water partition coefficient (Wildman–Crippen LogP) is 1.60. The van der Waals surface area contributed by atoms with Gasteiger partial charge in [-0.3, -0.25) is 10.1 Å². The van der Waals surface area contributed by atoms with Crippen LogP contribution >= 0.6 is 27.7 Å². The van der Waals surface area contributed by atoms with Gasteiger partial charge in [0.25, 0.3) is 5.22 Å². The molecule has 9 nitrogen and oxygen atoms in total. The first-order chi connectivity index (χ1) is 12.8. The highest BCUT2D eigenvalue weighted by Crippen LogP contribution is 2.28. The number of carbonyl (C=O) groups is 2. The first-order valence-electron chi connectivity index (χ1n) is 7.84. The molecule has 3 amide bonds. The summed E-state index contributed by atoms with van der Waals surface area (Å²) < 4.78 is 29.0. The number of nitrogens with one attached hydrogen (secondary N) is 2. The Morgan fingerprint density at radius 1 is 1.30 bits per heavy atom. The zero-order valence-electron chi connectivity index (χ0n) is 13.8. The lowest BCUT2D eigenvalue weighted by molar-refractivity contribution is -0.117. The number of aromatic nitrogens is 2. The van der Waals surface area contributed by atoms with Gasteiger partial charge in [0.1, 0.15) is 0 Å². The highest BCUT2D eigenvalue weighted by Gasteiger charge is 2.29. The number of benzene rings is 1. The van der Waals surface area contributed by atoms with Gasteiger partial charge in [0.2, 0.25) is 11.8 Å². The van der Waals surface area contributed by atoms with Gasteiger partial charge in [0.05, 0.1) is 22.8 Å². The molecule has 2 N–H and O–H groups in total. The van der Waals surface area contributed by atoms with E-state index in [-0.39, 0.29) is 22.5 Å². The standard InChI is InChI=1S/C15H15BrN4O5S2/c16-11-4-2-1-3-10(11)13-19-20-15(25-13)26-7-12(21)18-14(22)17-9-5-6-27(23,24)8-9/h1-4,9H,5-8H2,(H2,17,18,21,22)/t9-/m1/s1. The number of thioether (sulfide) groups is 1. The van der Waals surface area contributed by atoms with E-state index in [1.807, 2.05) is 24.3 Å². The van der Waals surface area contributed by atoms with Crippen molar-refractivity contribution in [1.29, 1.82) is 0 Å². The number of hydrogen-bond donors (Lipinski definition) is 2. The Bertz CT molecular complexity index is 963. The molecule has 2 aromatic rings. The smallest absolute Gasteiger partial charge is 0.321 e. The zero-order chi connectivity index (χ0) is 19.4. The van der Waals surface area contributed by atoms with Gasteiger partial charge >= 0.3 is 6.03 Å². The van der Waals surface area contributed by atoms with E-state index in [0.717, 1.165) is 21.8 Å². The molecule has 0 spiro atoms. The lowest BCUT2D eigenvalue weighted by Gasteiger charge is -2.10. The topological polar surface area (TPSA) is 131 Å². The van der Waals surface area contributed by atoms with E-state index in [1.165, 1.54) is 0 Å². The third-order valence-electron chi connectivity index (χ3n) is 3.66. The Labute approximate surface area is 167 Å². The Morgan fingerprint density at radius 2 is 2.07 bits per heavy atom. The molecule has 3 rings (SSSR count). The van der Waals surface area contributed by atoms with Crippen molar-refractivity contribution in [3.8, 4) is 11.5 Å². The molecule has 1 atom stereocenters. The maximum atomic E-state index is 11.9. The fraction of sp³-hybridized carbons (Fsp3) is 0.333. The van der Waals surface area contributed by atoms with E-state index < -0.39 is 27.8 Å². The Kier molecular flexibility index (Phi) is 6.17. The normalized spacial score (nSPS) is 18.2. The number of rotatable bonds is 5. The molecule has 1 aromatic heterocycles. The maximum Gasteiger partial charge on any atom is 0.321 e. The molecule has 144 valence electrons. The highest BCUT2D eigenvalue weighted by molar-refractivity contribution is 9.10. The minimum atomic E-state index is -3.10. The molecule has 0 unspecified atom stereocenters. The van der Waals surface area contributed by atoms with Crippen LogP contribution in [0.3, 0.4) is 0 Å². The lowest BCUT2D eigenvalue weighted by atomic mass is 10.2. The van der Waals surface area contributed by atoms with Crippen LogP contribution in [0.25, 0.3) is 11.5 Å². The zero-order valence-corrected chi connectivity index (χ0v) is 17.1. The van der Waals surface area contributed by atoms with E-state index in [9.17, 15) is 18.0 Å². The predicted molar refractivity (Wildman–Crippen MR) is 102 cm³/mol. The summed E-state index contributed by atoms with van der Waals surface area (Å²) in [4.78, 5) is 23.6. The minimum Gasteiger partial charge on any atom is -0.411 e. The van der Waals surface area contributed by atoms with Crippen LogP contribution in [0.4, 0.5) is 4.79 Å². The number of imide groups is 1. The van der Waals surface area contributed by atoms with Gasteiger partial charge in [-0.15, -0.1) is 10.2 Å². The van der Waals surface area contributed by atoms with Crippen LogP contribution in [0.1, 0.15) is 6.42 Å². The molecular weight excluding hydrogens is 460 g/mol. The molecular formula is C15H15BrN4O5S2. The average Bonchev–Trinajstić information content (AvgIpc) is 3.19. The van der Waals surface area contributed by atoms with Crippen LogP contribution in [-0.2, 0) is 14.6 Å². The Hall–Kier alpha value is -1.92. The Balaban J connectivity index is 1.47. The van der Waals surface area contributed by atoms with Crippen molar-refractivity contribution in [2.45, 2.75) is 17.7 Å². The summed E-state index contributed by atoms with van der Waals surface area (Å²) in [6.07, 6.45) is 0.346. The van der Waals surface area contributed by atoms with Crippen molar-refractivity contribution < 1.29 is 22.4 Å². The summed E-state index contributed by atoms with van der Waals surface area (Å²) >= 11 is 4.38. The molecule has 0 radical (unpaired) electrons. The molecule has 1 aliphatic heterocycles. The molecule has 27 heavy (non-hydrogen) atoms. The minimum absolute atomic E-state index is 0.0404. The van der Waals surface area contributed by atoms with Gasteiger partial charge in [-0.1, -0.05) is 23.9 Å². The monoisotopic (exact) mass is 474 g/mol. The number of amides is 3. The van der Waals surface area contributed by atoms with Gasteiger partial charge in [0, 0.05) is 10.5 Å². The summed E-state index contributed by atoms with van der Waals surface area (Å²) in [5.74, 6) is -0.416. The van der Waals surface area contributed by atoms with Crippen molar-refractivity contribution in [2.24, 2.45) is 0 Å². The SMILES string of the molecule is O=C(CSc1nnc(-c2ccccc2Br)o1)NC(=O)N[C@@H]1CCS(=O)(=O)C1. The van der Waals surface area contributed by atoms with Crippen molar-refractivity contribution in [3.63, 3.8) is 0 Å². The van der Waals surface area contributed by atoms with Gasteiger partial charge in [0.15, 0.2) is 9.84 Å². The van der Waals surface area contributed by atoms with Crippen LogP contribution in [-0.4, -0.2) is 53.9 Å². The highest BCUT2D eigenvalue weighted by atomic mass is 79.9. The van der Waals surface area contributed by atoms with Gasteiger partial charge < -0.3 is 9.73 Å². The maximum absolute atomic E-state index is 11.9. The number of urea groups is 1. The summed E-state index contributed by atoms with van der Waals surface area (Å²) in [7, 11) is -3.10. The molecule has 0 bridgehead atoms. The number of carbonyl (C=O) groups excluding carboxylic acids is 2. The van der Waals surface area contributed by atoms with E-state index in [1.54, 1.807) is 0 Å². The average molecular weight is 475 g/mol. The molecule has 1 fully saturated rings. The quantitative estimate of drug-likeness (QED) is 0.624. The van der Waals surface area contributed by atoms with Crippen LogP contribution < -0.4 is 10.6 Å². The van der Waals surface area contributed by atoms with E-state index in [2.05, 4.69) is 36.8 Å². The molecule has 1 aliphatic rings. The third-order valence-corrected chi connectivity index (χ3v) is 6.94. The van der Waals surface area contributed by atoms with Crippen LogP contribution in [0.15, 0.2) is 38.4 Å². The molecule has 1 saturated heterocycles. The van der Waals surface area contributed by atoms with Gasteiger partial charge in [-0.2, -0.15) is 0 Å². The second-order valence-corrected chi connectivity index (χ2v) is 9.77. The second-order valence-electron chi connectivity index (χ2n) is 5.76. The van der Waals surface area contributed by atoms with Gasteiger partial charge in [-0.25, -0.2) is 13.2 Å². The van der Waals surface area contributed by atoms with Crippen LogP contribution in [0.5, 0.6) is 0 Å². The molecule has 0 aliphatic carbocycles. The fourth-order valence-corrected chi connectivity index (χ4v) is 5.12. The van der Waals surface area contributed by atoms with Crippen molar-refractivity contribution in [3.05, 3.63) is 28.7 Å². The van der Waals surface area contributed by atoms with Crippen molar-refractivity contribution in [2.75, 3.05) is 17.3 Å². The number of nitrogens with zero attached hydrogens (tertiary/aromatic N) is 2. The molecule has 2 heterocycles. The largest absolute Gasteiger partial charge is 0.411 e. The second kappa shape index (κ2) is 8.40. The summed E-state index contributed by atoms with van der Waals surface area (Å²) in [5.41, 5.74) is 0.729. The van der Waals surface area contributed by atoms with E-state index >= 15 is 0 Å².